The average molecular weight is 326 g/mol. The zero-order chi connectivity index (χ0) is 17.3. The molecule has 0 aliphatic rings. The molecule has 2 aromatic heterocycles. The fraction of sp³-hybridized carbons (Fsp3) is 0. The van der Waals surface area contributed by atoms with Gasteiger partial charge in [0.2, 0.25) is 0 Å². The first-order valence-corrected chi connectivity index (χ1v) is 6.77. The standard InChI is InChI=1S/C17H9F3N4/c18-13-4-10(5-14(19)16(13)20)15-6-11(9-2-1-3-23-8-9)12(7-21)17(22)24-15/h1-6,8H,(H2,22,24). The maximum absolute atomic E-state index is 13.5. The number of nitrogens with zero attached hydrogens (tertiary/aromatic N) is 3. The van der Waals surface area contributed by atoms with Crippen molar-refractivity contribution in [1.82, 2.24) is 9.97 Å². The Morgan fingerprint density at radius 1 is 1.04 bits per heavy atom. The Kier molecular flexibility index (Phi) is 3.88. The van der Waals surface area contributed by atoms with Crippen molar-refractivity contribution in [1.29, 1.82) is 5.26 Å². The minimum Gasteiger partial charge on any atom is -0.383 e. The van der Waals surface area contributed by atoms with Crippen LogP contribution in [-0.2, 0) is 0 Å². The molecule has 0 aliphatic carbocycles. The van der Waals surface area contributed by atoms with E-state index in [4.69, 9.17) is 5.73 Å². The zero-order valence-corrected chi connectivity index (χ0v) is 12.1. The van der Waals surface area contributed by atoms with E-state index in [0.717, 1.165) is 12.1 Å². The Bertz CT molecular complexity index is 943. The number of benzene rings is 1. The molecule has 2 N–H and O–H groups in total. The number of rotatable bonds is 2. The molecule has 2 heterocycles. The van der Waals surface area contributed by atoms with Crippen molar-refractivity contribution >= 4 is 5.82 Å². The largest absolute Gasteiger partial charge is 0.383 e. The number of nitrogens with two attached hydrogens (primary N) is 1. The smallest absolute Gasteiger partial charge is 0.194 e. The van der Waals surface area contributed by atoms with Crippen molar-refractivity contribution < 1.29 is 13.2 Å². The van der Waals surface area contributed by atoms with Crippen LogP contribution in [0.15, 0.2) is 42.7 Å². The minimum atomic E-state index is -1.56. The summed E-state index contributed by atoms with van der Waals surface area (Å²) < 4.78 is 40.0. The van der Waals surface area contributed by atoms with Gasteiger partial charge in [0.15, 0.2) is 17.5 Å². The summed E-state index contributed by atoms with van der Waals surface area (Å²) in [4.78, 5) is 7.96. The van der Waals surface area contributed by atoms with Crippen LogP contribution >= 0.6 is 0 Å². The van der Waals surface area contributed by atoms with Crippen LogP contribution in [0, 0.1) is 28.8 Å². The van der Waals surface area contributed by atoms with E-state index < -0.39 is 17.5 Å². The highest BCUT2D eigenvalue weighted by molar-refractivity contribution is 5.79. The molecule has 0 amide bonds. The molecule has 3 rings (SSSR count). The quantitative estimate of drug-likeness (QED) is 0.729. The lowest BCUT2D eigenvalue weighted by Crippen LogP contribution is -2.01. The molecule has 0 radical (unpaired) electrons. The van der Waals surface area contributed by atoms with E-state index >= 15 is 0 Å². The summed E-state index contributed by atoms with van der Waals surface area (Å²) in [7, 11) is 0. The van der Waals surface area contributed by atoms with Crippen molar-refractivity contribution in [3.05, 3.63) is 65.7 Å². The highest BCUT2D eigenvalue weighted by atomic mass is 19.2. The van der Waals surface area contributed by atoms with Gasteiger partial charge in [0.25, 0.3) is 0 Å². The van der Waals surface area contributed by atoms with Crippen LogP contribution in [-0.4, -0.2) is 9.97 Å². The fourth-order valence-electron chi connectivity index (χ4n) is 2.28. The number of hydrogen-bond acceptors (Lipinski definition) is 4. The highest BCUT2D eigenvalue weighted by Crippen LogP contribution is 2.31. The van der Waals surface area contributed by atoms with Crippen molar-refractivity contribution in [2.75, 3.05) is 5.73 Å². The number of halogens is 3. The Balaban J connectivity index is 2.25. The lowest BCUT2D eigenvalue weighted by atomic mass is 9.99. The predicted octanol–water partition coefficient (Wildman–Crippen LogP) is 3.68. The maximum Gasteiger partial charge on any atom is 0.194 e. The Morgan fingerprint density at radius 3 is 2.33 bits per heavy atom. The number of pyridine rings is 2. The van der Waals surface area contributed by atoms with Gasteiger partial charge in [-0.3, -0.25) is 4.98 Å². The summed E-state index contributed by atoms with van der Waals surface area (Å²) in [5.74, 6) is -4.33. The molecule has 0 unspecified atom stereocenters. The molecule has 0 spiro atoms. The second-order valence-corrected chi connectivity index (χ2v) is 4.92. The number of nitrogen functional groups attached to an aromatic ring is 1. The molecule has 7 heteroatoms. The summed E-state index contributed by atoms with van der Waals surface area (Å²) in [5, 5.41) is 9.29. The van der Waals surface area contributed by atoms with E-state index in [1.54, 1.807) is 18.3 Å². The van der Waals surface area contributed by atoms with Crippen LogP contribution in [0.5, 0.6) is 0 Å². The lowest BCUT2D eigenvalue weighted by Gasteiger charge is -2.10. The minimum absolute atomic E-state index is 0.00716. The SMILES string of the molecule is N#Cc1c(-c2cccnc2)cc(-c2cc(F)c(F)c(F)c2)nc1N. The van der Waals surface area contributed by atoms with Gasteiger partial charge in [-0.05, 0) is 24.3 Å². The second-order valence-electron chi connectivity index (χ2n) is 4.92. The molecule has 0 aliphatic heterocycles. The number of anilines is 1. The molecular formula is C17H9F3N4. The highest BCUT2D eigenvalue weighted by Gasteiger charge is 2.16. The summed E-state index contributed by atoms with van der Waals surface area (Å²) in [6.45, 7) is 0. The first kappa shape index (κ1) is 15.5. The fourth-order valence-corrected chi connectivity index (χ4v) is 2.28. The Morgan fingerprint density at radius 2 is 1.75 bits per heavy atom. The Labute approximate surface area is 135 Å². The monoisotopic (exact) mass is 326 g/mol. The van der Waals surface area contributed by atoms with E-state index in [0.29, 0.717) is 11.1 Å². The van der Waals surface area contributed by atoms with Gasteiger partial charge >= 0.3 is 0 Å². The van der Waals surface area contributed by atoms with Crippen molar-refractivity contribution in [2.24, 2.45) is 0 Å². The number of nitriles is 1. The van der Waals surface area contributed by atoms with Gasteiger partial charge in [0, 0.05) is 29.1 Å². The van der Waals surface area contributed by atoms with Gasteiger partial charge < -0.3 is 5.73 Å². The molecule has 4 nitrogen and oxygen atoms in total. The van der Waals surface area contributed by atoms with Gasteiger partial charge in [0.05, 0.1) is 5.69 Å². The van der Waals surface area contributed by atoms with E-state index in [9.17, 15) is 18.4 Å². The molecule has 0 saturated heterocycles. The summed E-state index contributed by atoms with van der Waals surface area (Å²) in [5.41, 5.74) is 7.04. The van der Waals surface area contributed by atoms with Crippen LogP contribution in [0.3, 0.4) is 0 Å². The first-order chi connectivity index (χ1) is 11.5. The van der Waals surface area contributed by atoms with Gasteiger partial charge in [-0.2, -0.15) is 5.26 Å². The number of aromatic nitrogens is 2. The molecule has 0 fully saturated rings. The summed E-state index contributed by atoms with van der Waals surface area (Å²) in [6.07, 6.45) is 3.08. The van der Waals surface area contributed by atoms with E-state index in [2.05, 4.69) is 9.97 Å². The van der Waals surface area contributed by atoms with Gasteiger partial charge in [-0.1, -0.05) is 6.07 Å². The molecular weight excluding hydrogens is 317 g/mol. The average Bonchev–Trinajstić information content (AvgIpc) is 2.59. The zero-order valence-electron chi connectivity index (χ0n) is 12.1. The molecule has 0 saturated carbocycles. The first-order valence-electron chi connectivity index (χ1n) is 6.77. The molecule has 3 aromatic rings. The van der Waals surface area contributed by atoms with Crippen molar-refractivity contribution in [3.63, 3.8) is 0 Å². The van der Waals surface area contributed by atoms with Gasteiger partial charge in [-0.15, -0.1) is 0 Å². The molecule has 0 bridgehead atoms. The Hall–Kier alpha value is -3.40. The molecule has 0 atom stereocenters. The van der Waals surface area contributed by atoms with Crippen LogP contribution in [0.2, 0.25) is 0 Å². The van der Waals surface area contributed by atoms with Crippen LogP contribution < -0.4 is 5.73 Å². The van der Waals surface area contributed by atoms with Crippen LogP contribution in [0.4, 0.5) is 19.0 Å². The predicted molar refractivity (Wildman–Crippen MR) is 81.9 cm³/mol. The summed E-state index contributed by atoms with van der Waals surface area (Å²) >= 11 is 0. The number of hydrogen-bond donors (Lipinski definition) is 1. The normalized spacial score (nSPS) is 10.4. The lowest BCUT2D eigenvalue weighted by molar-refractivity contribution is 0.447. The van der Waals surface area contributed by atoms with Crippen LogP contribution in [0.25, 0.3) is 22.4 Å². The van der Waals surface area contributed by atoms with Crippen LogP contribution in [0.1, 0.15) is 5.56 Å². The van der Waals surface area contributed by atoms with Crippen molar-refractivity contribution in [3.8, 4) is 28.5 Å². The van der Waals surface area contributed by atoms with Gasteiger partial charge in [-0.25, -0.2) is 18.2 Å². The third-order valence-corrected chi connectivity index (χ3v) is 3.41. The van der Waals surface area contributed by atoms with E-state index in [1.165, 1.54) is 12.3 Å². The molecule has 1 aromatic carbocycles. The van der Waals surface area contributed by atoms with E-state index in [-0.39, 0.29) is 22.6 Å². The van der Waals surface area contributed by atoms with Gasteiger partial charge in [0.1, 0.15) is 17.5 Å². The van der Waals surface area contributed by atoms with Crippen molar-refractivity contribution in [2.45, 2.75) is 0 Å². The molecule has 24 heavy (non-hydrogen) atoms. The topological polar surface area (TPSA) is 75.6 Å². The third-order valence-electron chi connectivity index (χ3n) is 3.41. The molecule has 118 valence electrons. The second kappa shape index (κ2) is 6.01. The third kappa shape index (κ3) is 2.65. The maximum atomic E-state index is 13.5. The summed E-state index contributed by atoms with van der Waals surface area (Å²) in [6, 6.07) is 8.42. The van der Waals surface area contributed by atoms with E-state index in [1.807, 2.05) is 6.07 Å².